The topological polar surface area (TPSA) is 84.5 Å². The van der Waals surface area contributed by atoms with Crippen molar-refractivity contribution in [2.45, 2.75) is 18.7 Å². The number of halogens is 1. The number of methoxy groups -OCH3 is 1. The number of nitrogens with one attached hydrogen (secondary N) is 2. The fourth-order valence-electron chi connectivity index (χ4n) is 2.32. The number of carbonyl (C=O) groups is 1. The molecule has 1 amide bonds. The maximum Gasteiger partial charge on any atom is 0.261 e. The Labute approximate surface area is 158 Å². The van der Waals surface area contributed by atoms with Crippen molar-refractivity contribution < 1.29 is 17.9 Å². The van der Waals surface area contributed by atoms with Gasteiger partial charge in [0.1, 0.15) is 0 Å². The molecular formula is C18H21ClN2O4S. The molecule has 0 aromatic heterocycles. The summed E-state index contributed by atoms with van der Waals surface area (Å²) in [4.78, 5) is 12.3. The number of aryl methyl sites for hydroxylation is 2. The fraction of sp³-hybridized carbons (Fsp3) is 0.278. The van der Waals surface area contributed by atoms with E-state index in [4.69, 9.17) is 16.3 Å². The Morgan fingerprint density at radius 3 is 2.50 bits per heavy atom. The predicted octanol–water partition coefficient (Wildman–Crippen LogP) is 3.13. The van der Waals surface area contributed by atoms with Crippen LogP contribution in [0.1, 0.15) is 21.5 Å². The minimum Gasteiger partial charge on any atom is -0.383 e. The van der Waals surface area contributed by atoms with Crippen molar-refractivity contribution >= 4 is 33.2 Å². The molecule has 26 heavy (non-hydrogen) atoms. The summed E-state index contributed by atoms with van der Waals surface area (Å²) in [5.74, 6) is -0.348. The molecule has 0 spiro atoms. The van der Waals surface area contributed by atoms with Crippen LogP contribution in [0.3, 0.4) is 0 Å². The summed E-state index contributed by atoms with van der Waals surface area (Å²) < 4.78 is 32.8. The maximum absolute atomic E-state index is 12.7. The van der Waals surface area contributed by atoms with Crippen molar-refractivity contribution in [3.63, 3.8) is 0 Å². The number of anilines is 1. The smallest absolute Gasteiger partial charge is 0.261 e. The van der Waals surface area contributed by atoms with Crippen molar-refractivity contribution in [3.05, 3.63) is 58.1 Å². The highest BCUT2D eigenvalue weighted by molar-refractivity contribution is 7.92. The molecule has 2 aromatic carbocycles. The van der Waals surface area contributed by atoms with Crippen molar-refractivity contribution in [2.75, 3.05) is 25.0 Å². The minimum absolute atomic E-state index is 0.00865. The van der Waals surface area contributed by atoms with Crippen molar-refractivity contribution in [1.29, 1.82) is 0 Å². The van der Waals surface area contributed by atoms with E-state index in [1.165, 1.54) is 19.2 Å². The zero-order chi connectivity index (χ0) is 19.3. The Kier molecular flexibility index (Phi) is 6.63. The maximum atomic E-state index is 12.7. The van der Waals surface area contributed by atoms with Crippen LogP contribution in [0.25, 0.3) is 0 Å². The molecule has 8 heteroatoms. The zero-order valence-electron chi connectivity index (χ0n) is 14.8. The Bertz CT molecular complexity index is 913. The van der Waals surface area contributed by atoms with Crippen molar-refractivity contribution in [3.8, 4) is 0 Å². The van der Waals surface area contributed by atoms with Crippen LogP contribution in [0.4, 0.5) is 5.69 Å². The van der Waals surface area contributed by atoms with E-state index in [0.29, 0.717) is 40.6 Å². The second-order valence-electron chi connectivity index (χ2n) is 5.79. The Morgan fingerprint density at radius 2 is 1.85 bits per heavy atom. The second kappa shape index (κ2) is 8.53. The van der Waals surface area contributed by atoms with Gasteiger partial charge in [0.2, 0.25) is 0 Å². The van der Waals surface area contributed by atoms with Gasteiger partial charge < -0.3 is 10.1 Å². The Balaban J connectivity index is 2.29. The van der Waals surface area contributed by atoms with Gasteiger partial charge in [-0.15, -0.1) is 0 Å². The third kappa shape index (κ3) is 4.97. The number of rotatable bonds is 7. The number of carbonyl (C=O) groups excluding carboxylic acids is 1. The molecular weight excluding hydrogens is 376 g/mol. The molecule has 0 bridgehead atoms. The summed E-state index contributed by atoms with van der Waals surface area (Å²) in [5.41, 5.74) is 2.12. The molecule has 0 heterocycles. The van der Waals surface area contributed by atoms with Crippen LogP contribution in [0.15, 0.2) is 41.3 Å². The highest BCUT2D eigenvalue weighted by Gasteiger charge is 2.19. The highest BCUT2D eigenvalue weighted by Crippen LogP contribution is 2.24. The van der Waals surface area contributed by atoms with E-state index in [2.05, 4.69) is 10.0 Å². The Morgan fingerprint density at radius 1 is 1.12 bits per heavy atom. The van der Waals surface area contributed by atoms with Gasteiger partial charge in [-0.2, -0.15) is 0 Å². The molecule has 2 aromatic rings. The number of amides is 1. The van der Waals surface area contributed by atoms with Gasteiger partial charge >= 0.3 is 0 Å². The van der Waals surface area contributed by atoms with E-state index in [9.17, 15) is 13.2 Å². The SMILES string of the molecule is COCCNC(=O)c1cc(S(=O)(=O)Nc2ccc(Cl)cc2C)ccc1C. The number of benzene rings is 2. The van der Waals surface area contributed by atoms with E-state index < -0.39 is 10.0 Å². The number of hydrogen-bond acceptors (Lipinski definition) is 4. The largest absolute Gasteiger partial charge is 0.383 e. The molecule has 140 valence electrons. The first kappa shape index (κ1) is 20.2. The third-order valence-corrected chi connectivity index (χ3v) is 5.39. The molecule has 2 rings (SSSR count). The predicted molar refractivity (Wildman–Crippen MR) is 102 cm³/mol. The van der Waals surface area contributed by atoms with Crippen LogP contribution in [0.2, 0.25) is 5.02 Å². The van der Waals surface area contributed by atoms with Crippen molar-refractivity contribution in [1.82, 2.24) is 5.32 Å². The van der Waals surface area contributed by atoms with E-state index >= 15 is 0 Å². The molecule has 0 aliphatic rings. The summed E-state index contributed by atoms with van der Waals surface area (Å²) in [5, 5.41) is 3.21. The van der Waals surface area contributed by atoms with Crippen LogP contribution in [0.5, 0.6) is 0 Å². The standard InChI is InChI=1S/C18H21ClN2O4S/c1-12-4-6-15(11-16(12)18(22)20-8-9-25-3)26(23,24)21-17-7-5-14(19)10-13(17)2/h4-7,10-11,21H,8-9H2,1-3H3,(H,20,22). The van der Waals surface area contributed by atoms with E-state index in [1.807, 2.05) is 0 Å². The molecule has 0 saturated heterocycles. The monoisotopic (exact) mass is 396 g/mol. The minimum atomic E-state index is -3.84. The van der Waals surface area contributed by atoms with E-state index in [-0.39, 0.29) is 10.8 Å². The quantitative estimate of drug-likeness (QED) is 0.704. The number of sulfonamides is 1. The average Bonchev–Trinajstić information content (AvgIpc) is 2.57. The van der Waals surface area contributed by atoms with Gasteiger partial charge in [-0.05, 0) is 55.3 Å². The van der Waals surface area contributed by atoms with Gasteiger partial charge in [0, 0.05) is 24.2 Å². The van der Waals surface area contributed by atoms with Gasteiger partial charge in [0.05, 0.1) is 17.2 Å². The summed E-state index contributed by atoms with van der Waals surface area (Å²) >= 11 is 5.90. The van der Waals surface area contributed by atoms with Gasteiger partial charge in [-0.25, -0.2) is 8.42 Å². The van der Waals surface area contributed by atoms with E-state index in [0.717, 1.165) is 0 Å². The Hall–Kier alpha value is -2.09. The van der Waals surface area contributed by atoms with Crippen LogP contribution in [-0.2, 0) is 14.8 Å². The first-order valence-electron chi connectivity index (χ1n) is 7.91. The fourth-order valence-corrected chi connectivity index (χ4v) is 3.70. The number of hydrogen-bond donors (Lipinski definition) is 2. The highest BCUT2D eigenvalue weighted by atomic mass is 35.5. The van der Waals surface area contributed by atoms with Crippen LogP contribution in [-0.4, -0.2) is 34.6 Å². The average molecular weight is 397 g/mol. The van der Waals surface area contributed by atoms with Gasteiger partial charge in [0.25, 0.3) is 15.9 Å². The molecule has 0 saturated carbocycles. The lowest BCUT2D eigenvalue weighted by molar-refractivity contribution is 0.0936. The van der Waals surface area contributed by atoms with Gasteiger partial charge in [-0.3, -0.25) is 9.52 Å². The summed E-state index contributed by atoms with van der Waals surface area (Å²) in [7, 11) is -2.31. The number of ether oxygens (including phenoxy) is 1. The molecule has 0 aliphatic carbocycles. The van der Waals surface area contributed by atoms with Crippen LogP contribution in [0, 0.1) is 13.8 Å². The van der Waals surface area contributed by atoms with Crippen LogP contribution < -0.4 is 10.0 Å². The zero-order valence-corrected chi connectivity index (χ0v) is 16.4. The lowest BCUT2D eigenvalue weighted by atomic mass is 10.1. The third-order valence-electron chi connectivity index (χ3n) is 3.79. The van der Waals surface area contributed by atoms with Gasteiger partial charge in [0.15, 0.2) is 0 Å². The van der Waals surface area contributed by atoms with E-state index in [1.54, 1.807) is 38.1 Å². The summed E-state index contributed by atoms with van der Waals surface area (Å²) in [6.45, 7) is 4.22. The molecule has 0 atom stereocenters. The molecule has 0 aliphatic heterocycles. The lowest BCUT2D eigenvalue weighted by Crippen LogP contribution is -2.28. The van der Waals surface area contributed by atoms with Crippen LogP contribution >= 0.6 is 11.6 Å². The summed E-state index contributed by atoms with van der Waals surface area (Å²) in [6, 6.07) is 9.32. The molecule has 6 nitrogen and oxygen atoms in total. The molecule has 0 fully saturated rings. The molecule has 2 N–H and O–H groups in total. The lowest BCUT2D eigenvalue weighted by Gasteiger charge is -2.13. The normalized spacial score (nSPS) is 11.2. The van der Waals surface area contributed by atoms with Gasteiger partial charge in [-0.1, -0.05) is 17.7 Å². The molecule has 0 radical (unpaired) electrons. The first-order valence-corrected chi connectivity index (χ1v) is 9.77. The molecule has 0 unspecified atom stereocenters. The summed E-state index contributed by atoms with van der Waals surface area (Å²) in [6.07, 6.45) is 0. The van der Waals surface area contributed by atoms with Crippen molar-refractivity contribution in [2.24, 2.45) is 0 Å². The first-order chi connectivity index (χ1) is 12.2. The second-order valence-corrected chi connectivity index (χ2v) is 7.91.